The van der Waals surface area contributed by atoms with E-state index in [0.29, 0.717) is 11.3 Å². The highest BCUT2D eigenvalue weighted by Gasteiger charge is 2.48. The molecule has 11 nitrogen and oxygen atoms in total. The Hall–Kier alpha value is -3.64. The molecule has 0 bridgehead atoms. The van der Waals surface area contributed by atoms with Gasteiger partial charge in [0.1, 0.15) is 52.3 Å². The molecule has 11 heteroatoms. The number of hydrogen-bond acceptors (Lipinski definition) is 10. The first kappa shape index (κ1) is 22.6. The van der Waals surface area contributed by atoms with Gasteiger partial charge in [-0.05, 0) is 24.3 Å². The molecule has 3 aromatic rings. The van der Waals surface area contributed by atoms with Crippen LogP contribution in [-0.4, -0.2) is 69.3 Å². The van der Waals surface area contributed by atoms with Crippen molar-refractivity contribution in [2.24, 2.45) is 0 Å². The van der Waals surface area contributed by atoms with Gasteiger partial charge in [0.2, 0.25) is 6.29 Å². The molecule has 1 aromatic heterocycles. The SMILES string of the molecule is COc1ccc(-c2cc(=O)c3c(O)cc(OC4O[C@H](C(=O)O)[C@@H](O)[C@H](O)[C@H]4O)cc3o2)cc1. The van der Waals surface area contributed by atoms with Crippen LogP contribution in [0.25, 0.3) is 22.3 Å². The highest BCUT2D eigenvalue weighted by atomic mass is 16.7. The lowest BCUT2D eigenvalue weighted by Gasteiger charge is -2.38. The van der Waals surface area contributed by atoms with Crippen LogP contribution in [-0.2, 0) is 9.53 Å². The van der Waals surface area contributed by atoms with Crippen LogP contribution in [0.1, 0.15) is 0 Å². The van der Waals surface area contributed by atoms with E-state index in [1.165, 1.54) is 19.2 Å². The fourth-order valence-corrected chi connectivity index (χ4v) is 3.49. The number of hydrogen-bond donors (Lipinski definition) is 5. The second-order valence-electron chi connectivity index (χ2n) is 7.37. The molecule has 5 atom stereocenters. The molecule has 1 saturated heterocycles. The van der Waals surface area contributed by atoms with Crippen molar-refractivity contribution < 1.29 is 49.0 Å². The Morgan fingerprint density at radius 1 is 0.970 bits per heavy atom. The summed E-state index contributed by atoms with van der Waals surface area (Å²) < 4.78 is 21.4. The maximum absolute atomic E-state index is 12.6. The van der Waals surface area contributed by atoms with E-state index in [9.17, 15) is 30.0 Å². The summed E-state index contributed by atoms with van der Waals surface area (Å²) in [5, 5.41) is 49.2. The van der Waals surface area contributed by atoms with Crippen molar-refractivity contribution in [1.82, 2.24) is 0 Å². The highest BCUT2D eigenvalue weighted by Crippen LogP contribution is 2.33. The molecule has 5 N–H and O–H groups in total. The summed E-state index contributed by atoms with van der Waals surface area (Å²) in [6.07, 6.45) is -9.10. The van der Waals surface area contributed by atoms with Crippen LogP contribution < -0.4 is 14.9 Å². The number of aliphatic hydroxyl groups excluding tert-OH is 3. The first-order chi connectivity index (χ1) is 15.7. The maximum atomic E-state index is 12.6. The van der Waals surface area contributed by atoms with Crippen LogP contribution in [0.5, 0.6) is 17.2 Å². The fraction of sp³-hybridized carbons (Fsp3) is 0.273. The summed E-state index contributed by atoms with van der Waals surface area (Å²) in [4.78, 5) is 23.9. The number of aliphatic hydroxyl groups is 3. The monoisotopic (exact) mass is 460 g/mol. The summed E-state index contributed by atoms with van der Waals surface area (Å²) in [6.45, 7) is 0. The minimum atomic E-state index is -1.88. The normalized spacial score (nSPS) is 25.0. The van der Waals surface area contributed by atoms with Gasteiger partial charge in [0, 0.05) is 23.8 Å². The second kappa shape index (κ2) is 8.71. The standard InChI is InChI=1S/C22H20O11/c1-30-10-4-2-9(3-5-10)14-8-13(24)16-12(23)6-11(7-15(16)32-14)31-22-19(27)17(25)18(26)20(33-22)21(28)29/h2-8,17-20,22-23,25-27H,1H3,(H,28,29)/t17-,18-,19+,20-,22?/m0/s1. The van der Waals surface area contributed by atoms with E-state index in [1.807, 2.05) is 0 Å². The van der Waals surface area contributed by atoms with Crippen molar-refractivity contribution in [3.05, 3.63) is 52.7 Å². The van der Waals surface area contributed by atoms with E-state index in [-0.39, 0.29) is 22.5 Å². The molecule has 1 fully saturated rings. The van der Waals surface area contributed by atoms with Crippen molar-refractivity contribution in [2.75, 3.05) is 7.11 Å². The van der Waals surface area contributed by atoms with Gasteiger partial charge < -0.3 is 44.2 Å². The predicted octanol–water partition coefficient (Wildman–Crippen LogP) is 0.445. The minimum Gasteiger partial charge on any atom is -0.507 e. The van der Waals surface area contributed by atoms with E-state index in [4.69, 9.17) is 23.7 Å². The zero-order valence-corrected chi connectivity index (χ0v) is 17.1. The lowest BCUT2D eigenvalue weighted by molar-refractivity contribution is -0.271. The Morgan fingerprint density at radius 2 is 1.67 bits per heavy atom. The van der Waals surface area contributed by atoms with E-state index >= 15 is 0 Å². The lowest BCUT2D eigenvalue weighted by Crippen LogP contribution is -2.61. The smallest absolute Gasteiger partial charge is 0.335 e. The van der Waals surface area contributed by atoms with Crippen LogP contribution in [0, 0.1) is 0 Å². The quantitative estimate of drug-likeness (QED) is 0.357. The maximum Gasteiger partial charge on any atom is 0.335 e. The number of ether oxygens (including phenoxy) is 3. The van der Waals surface area contributed by atoms with E-state index in [2.05, 4.69) is 0 Å². The molecule has 0 saturated carbocycles. The van der Waals surface area contributed by atoms with Gasteiger partial charge in [-0.1, -0.05) is 0 Å². The number of fused-ring (bicyclic) bond motifs is 1. The van der Waals surface area contributed by atoms with Crippen molar-refractivity contribution in [2.45, 2.75) is 30.7 Å². The third-order valence-electron chi connectivity index (χ3n) is 5.22. The number of methoxy groups -OCH3 is 1. The Morgan fingerprint density at radius 3 is 2.30 bits per heavy atom. The molecule has 0 amide bonds. The average molecular weight is 460 g/mol. The van der Waals surface area contributed by atoms with E-state index < -0.39 is 47.9 Å². The number of phenols is 1. The van der Waals surface area contributed by atoms with Crippen LogP contribution >= 0.6 is 0 Å². The van der Waals surface area contributed by atoms with Gasteiger partial charge >= 0.3 is 5.97 Å². The molecule has 33 heavy (non-hydrogen) atoms. The largest absolute Gasteiger partial charge is 0.507 e. The van der Waals surface area contributed by atoms with Crippen LogP contribution in [0.3, 0.4) is 0 Å². The molecule has 2 aromatic carbocycles. The lowest BCUT2D eigenvalue weighted by atomic mass is 9.99. The Labute approximate surface area is 185 Å². The van der Waals surface area contributed by atoms with E-state index in [1.54, 1.807) is 24.3 Å². The Bertz CT molecular complexity index is 1230. The van der Waals surface area contributed by atoms with Crippen molar-refractivity contribution >= 4 is 16.9 Å². The van der Waals surface area contributed by atoms with Gasteiger partial charge in [0.25, 0.3) is 0 Å². The minimum absolute atomic E-state index is 0.0519. The zero-order valence-electron chi connectivity index (χ0n) is 17.1. The van der Waals surface area contributed by atoms with Crippen molar-refractivity contribution in [3.8, 4) is 28.6 Å². The van der Waals surface area contributed by atoms with Gasteiger partial charge in [-0.3, -0.25) is 4.79 Å². The first-order valence-corrected chi connectivity index (χ1v) is 9.74. The molecule has 0 spiro atoms. The number of rotatable bonds is 5. The molecule has 174 valence electrons. The van der Waals surface area contributed by atoms with Crippen molar-refractivity contribution in [1.29, 1.82) is 0 Å². The number of carbonyl (C=O) groups is 1. The third kappa shape index (κ3) is 4.22. The van der Waals surface area contributed by atoms with Crippen LogP contribution in [0.15, 0.2) is 51.7 Å². The summed E-state index contributed by atoms with van der Waals surface area (Å²) in [6, 6.07) is 10.2. The molecule has 0 radical (unpaired) electrons. The first-order valence-electron chi connectivity index (χ1n) is 9.74. The predicted molar refractivity (Wildman–Crippen MR) is 111 cm³/mol. The third-order valence-corrected chi connectivity index (χ3v) is 5.22. The molecule has 1 aliphatic rings. The number of phenolic OH excluding ortho intramolecular Hbond substituents is 1. The Kier molecular flexibility index (Phi) is 5.95. The summed E-state index contributed by atoms with van der Waals surface area (Å²) >= 11 is 0. The number of carboxylic acid groups (broad SMARTS) is 1. The highest BCUT2D eigenvalue weighted by molar-refractivity contribution is 5.86. The van der Waals surface area contributed by atoms with Crippen LogP contribution in [0.4, 0.5) is 0 Å². The van der Waals surface area contributed by atoms with Crippen molar-refractivity contribution in [3.63, 3.8) is 0 Å². The molecular formula is C22H20O11. The molecule has 2 heterocycles. The van der Waals surface area contributed by atoms with Gasteiger partial charge in [-0.25, -0.2) is 4.79 Å². The fourth-order valence-electron chi connectivity index (χ4n) is 3.49. The summed E-state index contributed by atoms with van der Waals surface area (Å²) in [5.41, 5.74) is -0.0124. The Balaban J connectivity index is 1.70. The molecule has 0 aliphatic carbocycles. The second-order valence-corrected chi connectivity index (χ2v) is 7.37. The molecular weight excluding hydrogens is 440 g/mol. The molecule has 1 unspecified atom stereocenters. The topological polar surface area (TPSA) is 176 Å². The summed E-state index contributed by atoms with van der Waals surface area (Å²) in [7, 11) is 1.51. The van der Waals surface area contributed by atoms with Gasteiger partial charge in [-0.2, -0.15) is 0 Å². The number of benzene rings is 2. The number of carboxylic acids is 1. The number of aliphatic carboxylic acids is 1. The van der Waals surface area contributed by atoms with Gasteiger partial charge in [0.05, 0.1) is 7.11 Å². The van der Waals surface area contributed by atoms with Crippen LogP contribution in [0.2, 0.25) is 0 Å². The zero-order chi connectivity index (χ0) is 23.9. The molecule has 1 aliphatic heterocycles. The van der Waals surface area contributed by atoms with E-state index in [0.717, 1.165) is 6.07 Å². The molecule has 4 rings (SSSR count). The van der Waals surface area contributed by atoms with Gasteiger partial charge in [0.15, 0.2) is 11.5 Å². The summed E-state index contributed by atoms with van der Waals surface area (Å²) in [5.74, 6) is -1.40. The van der Waals surface area contributed by atoms with Gasteiger partial charge in [-0.15, -0.1) is 0 Å². The average Bonchev–Trinajstić information content (AvgIpc) is 2.78. The number of aromatic hydroxyl groups is 1.